The molecule has 30 heavy (non-hydrogen) atoms. The summed E-state index contributed by atoms with van der Waals surface area (Å²) in [6.45, 7) is 4.45. The molecule has 1 aliphatic rings. The number of aliphatic imine (C=N–C) groups is 1. The number of ether oxygens (including phenoxy) is 2. The van der Waals surface area contributed by atoms with Crippen LogP contribution in [0.2, 0.25) is 0 Å². The Morgan fingerprint density at radius 3 is 2.73 bits per heavy atom. The normalized spacial score (nSPS) is 14.8. The average Bonchev–Trinajstić information content (AvgIpc) is 2.84. The van der Waals surface area contributed by atoms with Crippen molar-refractivity contribution < 1.29 is 14.3 Å². The Labute approximate surface area is 172 Å². The lowest BCUT2D eigenvalue weighted by atomic mass is 10.2. The molecular weight excluding hydrogens is 388 g/mol. The Kier molecular flexibility index (Phi) is 6.35. The van der Waals surface area contributed by atoms with Crippen molar-refractivity contribution in [1.29, 1.82) is 0 Å². The van der Waals surface area contributed by atoms with Crippen LogP contribution in [-0.2, 0) is 11.8 Å². The molecule has 0 spiro atoms. The average molecular weight is 412 g/mol. The molecule has 0 saturated carbocycles. The second-order valence-corrected chi connectivity index (χ2v) is 6.67. The predicted octanol–water partition coefficient (Wildman–Crippen LogP) is 1.16. The predicted molar refractivity (Wildman–Crippen MR) is 115 cm³/mol. The topological polar surface area (TPSA) is 147 Å². The van der Waals surface area contributed by atoms with E-state index in [0.29, 0.717) is 35.6 Å². The van der Waals surface area contributed by atoms with Gasteiger partial charge in [-0.1, -0.05) is 6.58 Å². The van der Waals surface area contributed by atoms with Gasteiger partial charge in [-0.25, -0.2) is 9.98 Å². The van der Waals surface area contributed by atoms with E-state index in [9.17, 15) is 9.59 Å². The lowest BCUT2D eigenvalue weighted by Crippen LogP contribution is -2.26. The molecule has 10 nitrogen and oxygen atoms in total. The third kappa shape index (κ3) is 4.43. The van der Waals surface area contributed by atoms with Crippen molar-refractivity contribution in [2.24, 2.45) is 23.5 Å². The van der Waals surface area contributed by atoms with Gasteiger partial charge in [-0.3, -0.25) is 19.5 Å². The standard InChI is InChI=1S/C20H24N6O4/c1-12(22)23-11-13(10-21)18(27)25-20-24-16-14(19(28)26(20)2)6-7-15-17(16)30-9-5-3-4-8-29-15/h6-7,10-11H,1,3-5,8-9,21-22H2,2H3,(H,24,25,27)/b13-10+,23-11?. The molecule has 2 aromatic rings. The van der Waals surface area contributed by atoms with Crippen LogP contribution in [0.1, 0.15) is 19.3 Å². The van der Waals surface area contributed by atoms with E-state index in [-0.39, 0.29) is 22.9 Å². The van der Waals surface area contributed by atoms with Gasteiger partial charge in [0.05, 0.1) is 24.2 Å². The number of aromatic nitrogens is 2. The highest BCUT2D eigenvalue weighted by atomic mass is 16.5. The highest BCUT2D eigenvalue weighted by molar-refractivity contribution is 6.17. The zero-order chi connectivity index (χ0) is 21.7. The van der Waals surface area contributed by atoms with Crippen LogP contribution in [0.15, 0.2) is 46.1 Å². The van der Waals surface area contributed by atoms with Gasteiger partial charge < -0.3 is 20.9 Å². The molecule has 0 radical (unpaired) electrons. The molecule has 0 fully saturated rings. The van der Waals surface area contributed by atoms with Crippen molar-refractivity contribution in [3.8, 4) is 11.5 Å². The fraction of sp³-hybridized carbons (Fsp3) is 0.300. The largest absolute Gasteiger partial charge is 0.490 e. The van der Waals surface area contributed by atoms with E-state index < -0.39 is 5.91 Å². The van der Waals surface area contributed by atoms with Crippen molar-refractivity contribution >= 4 is 29.0 Å². The van der Waals surface area contributed by atoms with E-state index in [1.165, 1.54) is 17.8 Å². The van der Waals surface area contributed by atoms with E-state index in [1.54, 1.807) is 12.1 Å². The number of nitrogens with one attached hydrogen (secondary N) is 1. The number of hydrogen-bond acceptors (Lipinski definition) is 8. The Balaban J connectivity index is 2.05. The number of benzene rings is 1. The number of nitrogens with two attached hydrogens (primary N) is 2. The first-order valence-corrected chi connectivity index (χ1v) is 9.43. The molecule has 0 atom stereocenters. The van der Waals surface area contributed by atoms with Gasteiger partial charge in [0.15, 0.2) is 11.5 Å². The van der Waals surface area contributed by atoms with Gasteiger partial charge in [0, 0.05) is 19.5 Å². The molecule has 0 unspecified atom stereocenters. The van der Waals surface area contributed by atoms with Crippen LogP contribution in [0.3, 0.4) is 0 Å². The summed E-state index contributed by atoms with van der Waals surface area (Å²) < 4.78 is 12.9. The minimum atomic E-state index is -0.614. The molecule has 0 bridgehead atoms. The summed E-state index contributed by atoms with van der Waals surface area (Å²) in [5, 5.41) is 2.93. The van der Waals surface area contributed by atoms with Gasteiger partial charge in [-0.15, -0.1) is 0 Å². The van der Waals surface area contributed by atoms with Gasteiger partial charge >= 0.3 is 0 Å². The smallest absolute Gasteiger partial charge is 0.262 e. The molecule has 1 amide bonds. The number of nitrogens with zero attached hydrogens (tertiary/aromatic N) is 3. The first kappa shape index (κ1) is 20.9. The van der Waals surface area contributed by atoms with E-state index in [0.717, 1.165) is 25.5 Å². The first-order chi connectivity index (χ1) is 14.4. The molecule has 5 N–H and O–H groups in total. The molecule has 10 heteroatoms. The third-order valence-corrected chi connectivity index (χ3v) is 4.49. The lowest BCUT2D eigenvalue weighted by molar-refractivity contribution is -0.112. The van der Waals surface area contributed by atoms with Gasteiger partial charge in [0.1, 0.15) is 11.3 Å². The fourth-order valence-electron chi connectivity index (χ4n) is 2.90. The zero-order valence-electron chi connectivity index (χ0n) is 16.7. The monoisotopic (exact) mass is 412 g/mol. The maximum absolute atomic E-state index is 12.9. The van der Waals surface area contributed by atoms with Crippen molar-refractivity contribution in [2.45, 2.75) is 19.3 Å². The summed E-state index contributed by atoms with van der Waals surface area (Å²) in [5.74, 6) is 0.327. The molecule has 1 aromatic carbocycles. The molecule has 2 heterocycles. The van der Waals surface area contributed by atoms with Crippen molar-refractivity contribution in [2.75, 3.05) is 18.5 Å². The highest BCUT2D eigenvalue weighted by Gasteiger charge is 2.19. The number of amides is 1. The lowest BCUT2D eigenvalue weighted by Gasteiger charge is -2.15. The van der Waals surface area contributed by atoms with Crippen molar-refractivity contribution in [1.82, 2.24) is 9.55 Å². The fourth-order valence-corrected chi connectivity index (χ4v) is 2.90. The number of anilines is 1. The maximum Gasteiger partial charge on any atom is 0.262 e. The van der Waals surface area contributed by atoms with Gasteiger partial charge in [0.25, 0.3) is 11.5 Å². The van der Waals surface area contributed by atoms with Crippen LogP contribution in [0.5, 0.6) is 11.5 Å². The summed E-state index contributed by atoms with van der Waals surface area (Å²) in [5.41, 5.74) is 10.9. The van der Waals surface area contributed by atoms with Crippen LogP contribution in [-0.4, -0.2) is 34.9 Å². The second kappa shape index (κ2) is 9.12. The molecule has 3 rings (SSSR count). The Bertz CT molecular complexity index is 1100. The maximum atomic E-state index is 12.9. The SMILES string of the molecule is C=C(N)N=C/C(=C\N)C(=O)Nc1nc2c3c(ccc2c(=O)n1C)OCCCCCO3. The molecule has 1 aliphatic heterocycles. The number of rotatable bonds is 4. The van der Waals surface area contributed by atoms with Gasteiger partial charge in [0.2, 0.25) is 5.95 Å². The summed E-state index contributed by atoms with van der Waals surface area (Å²) in [4.78, 5) is 33.7. The zero-order valence-corrected chi connectivity index (χ0v) is 16.7. The highest BCUT2D eigenvalue weighted by Crippen LogP contribution is 2.35. The summed E-state index contributed by atoms with van der Waals surface area (Å²) in [7, 11) is 1.51. The van der Waals surface area contributed by atoms with E-state index in [1.807, 2.05) is 0 Å². The molecule has 0 aliphatic carbocycles. The number of carbonyl (C=O) groups is 1. The first-order valence-electron chi connectivity index (χ1n) is 9.43. The van der Waals surface area contributed by atoms with Gasteiger partial charge in [-0.2, -0.15) is 0 Å². The molecule has 0 saturated heterocycles. The van der Waals surface area contributed by atoms with Crippen molar-refractivity contribution in [3.05, 3.63) is 46.7 Å². The van der Waals surface area contributed by atoms with Crippen LogP contribution in [0, 0.1) is 0 Å². The Hall–Kier alpha value is -3.82. The van der Waals surface area contributed by atoms with Crippen molar-refractivity contribution in [3.63, 3.8) is 0 Å². The van der Waals surface area contributed by atoms with Crippen LogP contribution in [0.25, 0.3) is 10.9 Å². The molecule has 1 aromatic heterocycles. The number of hydrogen-bond donors (Lipinski definition) is 3. The quantitative estimate of drug-likeness (QED) is 0.504. The second-order valence-electron chi connectivity index (χ2n) is 6.67. The van der Waals surface area contributed by atoms with Crippen LogP contribution in [0.4, 0.5) is 5.95 Å². The van der Waals surface area contributed by atoms with E-state index >= 15 is 0 Å². The Morgan fingerprint density at radius 1 is 1.30 bits per heavy atom. The van der Waals surface area contributed by atoms with E-state index in [4.69, 9.17) is 20.9 Å². The van der Waals surface area contributed by atoms with Gasteiger partial charge in [-0.05, 0) is 31.4 Å². The summed E-state index contributed by atoms with van der Waals surface area (Å²) in [6, 6.07) is 3.34. The van der Waals surface area contributed by atoms with E-state index in [2.05, 4.69) is 21.9 Å². The minimum absolute atomic E-state index is 0.0186. The number of fused-ring (bicyclic) bond motifs is 3. The number of carbonyl (C=O) groups excluding carboxylic acids is 1. The summed E-state index contributed by atoms with van der Waals surface area (Å²) in [6.07, 6.45) is 5.00. The van der Waals surface area contributed by atoms with Crippen LogP contribution >= 0.6 is 0 Å². The molecular formula is C20H24N6O4. The van der Waals surface area contributed by atoms with Crippen LogP contribution < -0.4 is 31.8 Å². The summed E-state index contributed by atoms with van der Waals surface area (Å²) >= 11 is 0. The third-order valence-electron chi connectivity index (χ3n) is 4.49. The minimum Gasteiger partial charge on any atom is -0.490 e. The Morgan fingerprint density at radius 2 is 2.03 bits per heavy atom. The molecule has 158 valence electrons.